The first-order chi connectivity index (χ1) is 12.1. The van der Waals surface area contributed by atoms with Crippen molar-refractivity contribution in [1.29, 1.82) is 0 Å². The first kappa shape index (κ1) is 18.0. The van der Waals surface area contributed by atoms with Crippen LogP contribution < -0.4 is 5.32 Å². The largest absolute Gasteiger partial charge is 0.351 e. The van der Waals surface area contributed by atoms with Gasteiger partial charge >= 0.3 is 0 Å². The van der Waals surface area contributed by atoms with E-state index in [0.29, 0.717) is 5.56 Å². The molecule has 1 fully saturated rings. The zero-order valence-corrected chi connectivity index (χ0v) is 15.3. The highest BCUT2D eigenvalue weighted by atomic mass is 32.1. The molecule has 1 aliphatic rings. The summed E-state index contributed by atoms with van der Waals surface area (Å²) in [5.74, 6) is -0.326. The molecule has 0 radical (unpaired) electrons. The number of carbonyl (C=O) groups excluding carboxylic acids is 1. The van der Waals surface area contributed by atoms with E-state index in [9.17, 15) is 9.18 Å². The van der Waals surface area contributed by atoms with Gasteiger partial charge in [-0.05, 0) is 24.4 Å². The van der Waals surface area contributed by atoms with Crippen LogP contribution in [0.5, 0.6) is 0 Å². The van der Waals surface area contributed by atoms with Crippen LogP contribution in [0, 0.1) is 5.82 Å². The highest BCUT2D eigenvalue weighted by Crippen LogP contribution is 2.14. The average molecular weight is 361 g/mol. The molecule has 1 amide bonds. The minimum Gasteiger partial charge on any atom is -0.351 e. The normalized spacial score (nSPS) is 17.4. The lowest BCUT2D eigenvalue weighted by Gasteiger charge is -2.37. The second-order valence-corrected chi connectivity index (χ2v) is 7.41. The van der Waals surface area contributed by atoms with Crippen molar-refractivity contribution in [1.82, 2.24) is 15.1 Å². The standard InChI is InChI=1S/C19H24FN3OS/c1-15(19(24)21-13-16-5-2-3-7-18(16)20)23-10-8-22(9-11-23)14-17-6-4-12-25-17/h2-7,12,15H,8-11,13-14H2,1H3,(H,21,24). The summed E-state index contributed by atoms with van der Waals surface area (Å²) >= 11 is 1.78. The Hall–Kier alpha value is -1.76. The van der Waals surface area contributed by atoms with E-state index >= 15 is 0 Å². The molecule has 2 aromatic rings. The molecule has 1 saturated heterocycles. The average Bonchev–Trinajstić information content (AvgIpc) is 3.14. The summed E-state index contributed by atoms with van der Waals surface area (Å²) in [6, 6.07) is 10.6. The molecule has 0 spiro atoms. The topological polar surface area (TPSA) is 35.6 Å². The number of amides is 1. The lowest BCUT2D eigenvalue weighted by atomic mass is 10.2. The molecule has 1 unspecified atom stereocenters. The Morgan fingerprint density at radius 1 is 1.20 bits per heavy atom. The van der Waals surface area contributed by atoms with Gasteiger partial charge in [-0.1, -0.05) is 24.3 Å². The van der Waals surface area contributed by atoms with Gasteiger partial charge in [-0.25, -0.2) is 4.39 Å². The van der Waals surface area contributed by atoms with Crippen molar-refractivity contribution in [3.05, 3.63) is 58.0 Å². The van der Waals surface area contributed by atoms with Crippen LogP contribution in [0.15, 0.2) is 41.8 Å². The van der Waals surface area contributed by atoms with Gasteiger partial charge in [0.25, 0.3) is 0 Å². The van der Waals surface area contributed by atoms with Crippen molar-refractivity contribution in [2.24, 2.45) is 0 Å². The molecule has 0 aliphatic carbocycles. The first-order valence-corrected chi connectivity index (χ1v) is 9.51. The predicted octanol–water partition coefficient (Wildman–Crippen LogP) is 2.71. The van der Waals surface area contributed by atoms with Crippen LogP contribution in [0.3, 0.4) is 0 Å². The molecule has 1 N–H and O–H groups in total. The van der Waals surface area contributed by atoms with Crippen LogP contribution in [0.2, 0.25) is 0 Å². The molecule has 1 aromatic heterocycles. The number of benzene rings is 1. The maximum absolute atomic E-state index is 13.6. The van der Waals surface area contributed by atoms with Gasteiger partial charge in [0.05, 0.1) is 6.04 Å². The highest BCUT2D eigenvalue weighted by molar-refractivity contribution is 7.09. The number of carbonyl (C=O) groups is 1. The zero-order valence-electron chi connectivity index (χ0n) is 14.5. The monoisotopic (exact) mass is 361 g/mol. The molecule has 0 saturated carbocycles. The number of nitrogens with zero attached hydrogens (tertiary/aromatic N) is 2. The van der Waals surface area contributed by atoms with Crippen LogP contribution in [0.4, 0.5) is 4.39 Å². The number of piperazine rings is 1. The molecule has 1 aromatic carbocycles. The summed E-state index contributed by atoms with van der Waals surface area (Å²) in [6.07, 6.45) is 0. The van der Waals surface area contributed by atoms with E-state index in [1.807, 2.05) is 6.92 Å². The minimum absolute atomic E-state index is 0.0463. The number of thiophene rings is 1. The summed E-state index contributed by atoms with van der Waals surface area (Å²) in [6.45, 7) is 6.81. The second-order valence-electron chi connectivity index (χ2n) is 6.38. The van der Waals surface area contributed by atoms with E-state index in [-0.39, 0.29) is 24.3 Å². The summed E-state index contributed by atoms with van der Waals surface area (Å²) in [5, 5.41) is 4.96. The fourth-order valence-corrected chi connectivity index (χ4v) is 3.82. The van der Waals surface area contributed by atoms with Gasteiger partial charge in [-0.3, -0.25) is 14.6 Å². The molecule has 2 heterocycles. The Bertz CT molecular complexity index is 684. The van der Waals surface area contributed by atoms with Gasteiger partial charge in [-0.15, -0.1) is 11.3 Å². The Morgan fingerprint density at radius 2 is 1.96 bits per heavy atom. The van der Waals surface area contributed by atoms with Gasteiger partial charge in [0.1, 0.15) is 5.82 Å². The zero-order chi connectivity index (χ0) is 17.6. The maximum atomic E-state index is 13.6. The molecule has 1 atom stereocenters. The maximum Gasteiger partial charge on any atom is 0.237 e. The van der Waals surface area contributed by atoms with Gasteiger partial charge in [0, 0.05) is 49.7 Å². The van der Waals surface area contributed by atoms with E-state index in [2.05, 4.69) is 32.6 Å². The van der Waals surface area contributed by atoms with E-state index in [1.54, 1.807) is 29.5 Å². The van der Waals surface area contributed by atoms with E-state index in [1.165, 1.54) is 10.9 Å². The molecule has 0 bridgehead atoms. The molecule has 4 nitrogen and oxygen atoms in total. The Morgan fingerprint density at radius 3 is 2.64 bits per heavy atom. The van der Waals surface area contributed by atoms with Crippen LogP contribution >= 0.6 is 11.3 Å². The summed E-state index contributed by atoms with van der Waals surface area (Å²) in [7, 11) is 0. The number of halogens is 1. The lowest BCUT2D eigenvalue weighted by Crippen LogP contribution is -2.53. The quantitative estimate of drug-likeness (QED) is 0.859. The van der Waals surface area contributed by atoms with Crippen LogP contribution in [-0.2, 0) is 17.9 Å². The highest BCUT2D eigenvalue weighted by Gasteiger charge is 2.25. The fourth-order valence-electron chi connectivity index (χ4n) is 3.07. The van der Waals surface area contributed by atoms with Crippen molar-refractivity contribution in [2.75, 3.05) is 26.2 Å². The lowest BCUT2D eigenvalue weighted by molar-refractivity contribution is -0.126. The van der Waals surface area contributed by atoms with Crippen molar-refractivity contribution < 1.29 is 9.18 Å². The summed E-state index contributed by atoms with van der Waals surface area (Å²) in [4.78, 5) is 18.4. The molecule has 1 aliphatic heterocycles. The van der Waals surface area contributed by atoms with E-state index in [4.69, 9.17) is 0 Å². The van der Waals surface area contributed by atoms with E-state index < -0.39 is 0 Å². The molecule has 25 heavy (non-hydrogen) atoms. The Labute approximate surface area is 152 Å². The first-order valence-electron chi connectivity index (χ1n) is 8.63. The molecular weight excluding hydrogens is 337 g/mol. The molecule has 6 heteroatoms. The smallest absolute Gasteiger partial charge is 0.237 e. The Balaban J connectivity index is 1.44. The van der Waals surface area contributed by atoms with Crippen molar-refractivity contribution in [2.45, 2.75) is 26.1 Å². The summed E-state index contributed by atoms with van der Waals surface area (Å²) in [5.41, 5.74) is 0.517. The second kappa shape index (κ2) is 8.56. The number of nitrogens with one attached hydrogen (secondary N) is 1. The predicted molar refractivity (Wildman–Crippen MR) is 98.9 cm³/mol. The van der Waals surface area contributed by atoms with Crippen molar-refractivity contribution in [3.8, 4) is 0 Å². The van der Waals surface area contributed by atoms with Crippen LogP contribution in [-0.4, -0.2) is 47.9 Å². The third kappa shape index (κ3) is 4.87. The van der Waals surface area contributed by atoms with Crippen molar-refractivity contribution >= 4 is 17.2 Å². The number of hydrogen-bond acceptors (Lipinski definition) is 4. The Kier molecular flexibility index (Phi) is 6.18. The van der Waals surface area contributed by atoms with E-state index in [0.717, 1.165) is 32.7 Å². The molecule has 134 valence electrons. The van der Waals surface area contributed by atoms with Gasteiger partial charge < -0.3 is 5.32 Å². The number of hydrogen-bond donors (Lipinski definition) is 1. The third-order valence-electron chi connectivity index (χ3n) is 4.70. The molecule has 3 rings (SSSR count). The number of rotatable bonds is 6. The van der Waals surface area contributed by atoms with Gasteiger partial charge in [0.2, 0.25) is 5.91 Å². The fraction of sp³-hybridized carbons (Fsp3) is 0.421. The third-order valence-corrected chi connectivity index (χ3v) is 5.57. The van der Waals surface area contributed by atoms with Gasteiger partial charge in [-0.2, -0.15) is 0 Å². The minimum atomic E-state index is -0.280. The molecular formula is C19H24FN3OS. The SMILES string of the molecule is CC(C(=O)NCc1ccccc1F)N1CCN(Cc2cccs2)CC1. The van der Waals surface area contributed by atoms with Crippen LogP contribution in [0.25, 0.3) is 0 Å². The van der Waals surface area contributed by atoms with Gasteiger partial charge in [0.15, 0.2) is 0 Å². The van der Waals surface area contributed by atoms with Crippen molar-refractivity contribution in [3.63, 3.8) is 0 Å². The summed E-state index contributed by atoms with van der Waals surface area (Å²) < 4.78 is 13.6. The van der Waals surface area contributed by atoms with Crippen LogP contribution in [0.1, 0.15) is 17.4 Å².